The van der Waals surface area contributed by atoms with Crippen molar-refractivity contribution in [3.8, 4) is 0 Å². The molecule has 0 aromatic heterocycles. The fraction of sp³-hybridized carbons (Fsp3) is 0.591. The van der Waals surface area contributed by atoms with Crippen LogP contribution in [0.5, 0.6) is 0 Å². The number of piperidine rings is 1. The largest absolute Gasteiger partial charge is 0.369 e. The third-order valence-electron chi connectivity index (χ3n) is 5.53. The van der Waals surface area contributed by atoms with E-state index in [0.717, 1.165) is 76.4 Å². The van der Waals surface area contributed by atoms with Gasteiger partial charge >= 0.3 is 0 Å². The van der Waals surface area contributed by atoms with Crippen molar-refractivity contribution < 1.29 is 9.59 Å². The smallest absolute Gasteiger partial charge is 0.251 e. The van der Waals surface area contributed by atoms with Crippen LogP contribution in [-0.4, -0.2) is 69.5 Å². The maximum atomic E-state index is 11.7. The van der Waals surface area contributed by atoms with Gasteiger partial charge in [0, 0.05) is 38.7 Å². The van der Waals surface area contributed by atoms with Gasteiger partial charge in [-0.15, -0.1) is 0 Å². The molecule has 0 unspecified atom stereocenters. The van der Waals surface area contributed by atoms with Crippen LogP contribution in [0.2, 0.25) is 0 Å². The zero-order valence-electron chi connectivity index (χ0n) is 18.2. The van der Waals surface area contributed by atoms with Gasteiger partial charge in [-0.05, 0) is 69.4 Å². The third-order valence-corrected chi connectivity index (χ3v) is 5.53. The number of rotatable bonds is 10. The molecular weight excluding hydrogens is 380 g/mol. The molecule has 1 aliphatic rings. The summed E-state index contributed by atoms with van der Waals surface area (Å²) in [6.07, 6.45) is 4.75. The van der Waals surface area contributed by atoms with Crippen molar-refractivity contribution in [1.82, 2.24) is 20.9 Å². The number of carbonyl (C=O) groups excluding carboxylic acids is 2. The average molecular weight is 417 g/mol. The predicted molar refractivity (Wildman–Crippen MR) is 120 cm³/mol. The summed E-state index contributed by atoms with van der Waals surface area (Å²) in [5.41, 5.74) is 7.17. The van der Waals surface area contributed by atoms with Crippen molar-refractivity contribution in [1.29, 1.82) is 0 Å². The summed E-state index contributed by atoms with van der Waals surface area (Å²) >= 11 is 0. The first-order chi connectivity index (χ1) is 14.5. The van der Waals surface area contributed by atoms with E-state index < -0.39 is 0 Å². The number of nitrogens with one attached hydrogen (secondary N) is 3. The van der Waals surface area contributed by atoms with Crippen LogP contribution in [0.4, 0.5) is 0 Å². The summed E-state index contributed by atoms with van der Waals surface area (Å²) in [4.78, 5) is 29.6. The Morgan fingerprint density at radius 1 is 1.17 bits per heavy atom. The van der Waals surface area contributed by atoms with Crippen LogP contribution >= 0.6 is 0 Å². The van der Waals surface area contributed by atoms with Gasteiger partial charge in [-0.3, -0.25) is 14.6 Å². The number of hydrogen-bond donors (Lipinski definition) is 4. The maximum absolute atomic E-state index is 11.7. The molecule has 1 fully saturated rings. The summed E-state index contributed by atoms with van der Waals surface area (Å²) in [6.45, 7) is 4.59. The second-order valence-corrected chi connectivity index (χ2v) is 7.68. The van der Waals surface area contributed by atoms with E-state index in [1.807, 2.05) is 24.3 Å². The second kappa shape index (κ2) is 12.8. The number of benzene rings is 1. The lowest BCUT2D eigenvalue weighted by Crippen LogP contribution is -2.40. The normalized spacial score (nSPS) is 15.6. The quantitative estimate of drug-likeness (QED) is 0.255. The molecule has 8 nitrogen and oxygen atoms in total. The molecular formula is C22H36N6O2. The SMILES string of the molecule is CN=C(NCCCCN1CCC(C(N)=O)CC1)NCCc1cccc(C(=O)NC)c1. The van der Waals surface area contributed by atoms with E-state index in [9.17, 15) is 9.59 Å². The zero-order chi connectivity index (χ0) is 21.8. The highest BCUT2D eigenvalue weighted by molar-refractivity contribution is 5.94. The van der Waals surface area contributed by atoms with Gasteiger partial charge in [-0.1, -0.05) is 12.1 Å². The Bertz CT molecular complexity index is 713. The topological polar surface area (TPSA) is 112 Å². The Hall–Kier alpha value is -2.61. The minimum absolute atomic E-state index is 0.0589. The molecule has 1 heterocycles. The molecule has 5 N–H and O–H groups in total. The van der Waals surface area contributed by atoms with E-state index in [1.54, 1.807) is 14.1 Å². The molecule has 0 saturated carbocycles. The Morgan fingerprint density at radius 2 is 1.90 bits per heavy atom. The predicted octanol–water partition coefficient (Wildman–Crippen LogP) is 0.731. The lowest BCUT2D eigenvalue weighted by Gasteiger charge is -2.30. The molecule has 0 spiro atoms. The molecule has 1 aromatic rings. The number of unbranched alkanes of at least 4 members (excludes halogenated alkanes) is 1. The lowest BCUT2D eigenvalue weighted by molar-refractivity contribution is -0.123. The third kappa shape index (κ3) is 8.02. The lowest BCUT2D eigenvalue weighted by atomic mass is 9.96. The van der Waals surface area contributed by atoms with Crippen LogP contribution < -0.4 is 21.7 Å². The minimum atomic E-state index is -0.156. The number of nitrogens with two attached hydrogens (primary N) is 1. The van der Waals surface area contributed by atoms with Crippen molar-refractivity contribution in [3.63, 3.8) is 0 Å². The number of hydrogen-bond acceptors (Lipinski definition) is 4. The van der Waals surface area contributed by atoms with Gasteiger partial charge in [-0.25, -0.2) is 0 Å². The molecule has 1 saturated heterocycles. The molecule has 8 heteroatoms. The van der Waals surface area contributed by atoms with Gasteiger partial charge in [0.25, 0.3) is 5.91 Å². The first kappa shape index (κ1) is 23.7. The Balaban J connectivity index is 1.58. The number of amides is 2. The van der Waals surface area contributed by atoms with E-state index in [1.165, 1.54) is 0 Å². The Labute approximate surface area is 179 Å². The highest BCUT2D eigenvalue weighted by atomic mass is 16.2. The molecule has 2 amide bonds. The van der Waals surface area contributed by atoms with E-state index >= 15 is 0 Å². The van der Waals surface area contributed by atoms with Gasteiger partial charge in [0.1, 0.15) is 0 Å². The molecule has 1 aromatic carbocycles. The summed E-state index contributed by atoms with van der Waals surface area (Å²) in [5, 5.41) is 9.32. The molecule has 0 bridgehead atoms. The van der Waals surface area contributed by atoms with E-state index in [-0.39, 0.29) is 17.7 Å². The van der Waals surface area contributed by atoms with Crippen molar-refractivity contribution in [2.45, 2.75) is 32.1 Å². The average Bonchev–Trinajstić information content (AvgIpc) is 2.77. The fourth-order valence-corrected chi connectivity index (χ4v) is 3.67. The minimum Gasteiger partial charge on any atom is -0.369 e. The first-order valence-corrected chi connectivity index (χ1v) is 10.8. The van der Waals surface area contributed by atoms with Crippen molar-refractivity contribution in [3.05, 3.63) is 35.4 Å². The van der Waals surface area contributed by atoms with Gasteiger partial charge in [-0.2, -0.15) is 0 Å². The molecule has 30 heavy (non-hydrogen) atoms. The molecule has 0 aliphatic carbocycles. The number of aliphatic imine (C=N–C) groups is 1. The van der Waals surface area contributed by atoms with Gasteiger partial charge in [0.05, 0.1) is 0 Å². The number of primary amides is 1. The number of nitrogens with zero attached hydrogens (tertiary/aromatic N) is 2. The maximum Gasteiger partial charge on any atom is 0.251 e. The van der Waals surface area contributed by atoms with Crippen LogP contribution in [-0.2, 0) is 11.2 Å². The van der Waals surface area contributed by atoms with E-state index in [2.05, 4.69) is 25.8 Å². The zero-order valence-corrected chi connectivity index (χ0v) is 18.2. The standard InChI is InChI=1S/C22H36N6O2/c1-24-21(30)19-7-5-6-17(16-19)8-12-27-22(25-2)26-11-3-4-13-28-14-9-18(10-15-28)20(23)29/h5-7,16,18H,3-4,8-15H2,1-2H3,(H2,23,29)(H,24,30)(H2,25,26,27). The van der Waals surface area contributed by atoms with Crippen LogP contribution in [0.25, 0.3) is 0 Å². The number of guanidine groups is 1. The summed E-state index contributed by atoms with van der Waals surface area (Å²) < 4.78 is 0. The molecule has 1 aliphatic heterocycles. The van der Waals surface area contributed by atoms with Crippen molar-refractivity contribution in [2.24, 2.45) is 16.6 Å². The van der Waals surface area contributed by atoms with Crippen LogP contribution in [0.1, 0.15) is 41.6 Å². The monoisotopic (exact) mass is 416 g/mol. The van der Waals surface area contributed by atoms with Gasteiger partial charge in [0.2, 0.25) is 5.91 Å². The highest BCUT2D eigenvalue weighted by Gasteiger charge is 2.22. The van der Waals surface area contributed by atoms with Crippen molar-refractivity contribution >= 4 is 17.8 Å². The molecule has 0 radical (unpaired) electrons. The van der Waals surface area contributed by atoms with Crippen molar-refractivity contribution in [2.75, 3.05) is 46.8 Å². The van der Waals surface area contributed by atoms with E-state index in [0.29, 0.717) is 5.56 Å². The summed E-state index contributed by atoms with van der Waals surface area (Å²) in [6, 6.07) is 7.67. The summed E-state index contributed by atoms with van der Waals surface area (Å²) in [5.74, 6) is 0.625. The molecule has 2 rings (SSSR count). The Morgan fingerprint density at radius 3 is 2.57 bits per heavy atom. The van der Waals surface area contributed by atoms with Crippen LogP contribution in [0.3, 0.4) is 0 Å². The van der Waals surface area contributed by atoms with Crippen LogP contribution in [0, 0.1) is 5.92 Å². The Kier molecular flexibility index (Phi) is 10.1. The summed E-state index contributed by atoms with van der Waals surface area (Å²) in [7, 11) is 3.41. The van der Waals surface area contributed by atoms with Gasteiger partial charge < -0.3 is 26.6 Å². The first-order valence-electron chi connectivity index (χ1n) is 10.8. The van der Waals surface area contributed by atoms with Crippen LogP contribution in [0.15, 0.2) is 29.3 Å². The molecule has 166 valence electrons. The fourth-order valence-electron chi connectivity index (χ4n) is 3.67. The van der Waals surface area contributed by atoms with E-state index in [4.69, 9.17) is 5.73 Å². The molecule has 0 atom stereocenters. The number of likely N-dealkylation sites (tertiary alicyclic amines) is 1. The highest BCUT2D eigenvalue weighted by Crippen LogP contribution is 2.16. The number of carbonyl (C=O) groups is 2. The van der Waals surface area contributed by atoms with Gasteiger partial charge in [0.15, 0.2) is 5.96 Å². The second-order valence-electron chi connectivity index (χ2n) is 7.68.